The molecule has 0 fully saturated rings. The Morgan fingerprint density at radius 3 is 2.31 bits per heavy atom. The van der Waals surface area contributed by atoms with Crippen LogP contribution in [0.2, 0.25) is 10.0 Å². The predicted molar refractivity (Wildman–Crippen MR) is 160 cm³/mol. The Kier molecular flexibility index (Phi) is 9.00. The molecule has 4 aromatic rings. The van der Waals surface area contributed by atoms with Crippen LogP contribution in [0.3, 0.4) is 0 Å². The summed E-state index contributed by atoms with van der Waals surface area (Å²) in [5.74, 6) is 1.23. The number of carbonyl (C=O) groups excluding carboxylic acids is 1. The van der Waals surface area contributed by atoms with Crippen LogP contribution in [0, 0.1) is 0 Å². The van der Waals surface area contributed by atoms with E-state index in [1.807, 2.05) is 41.0 Å². The van der Waals surface area contributed by atoms with Gasteiger partial charge in [-0.25, -0.2) is 5.43 Å². The summed E-state index contributed by atoms with van der Waals surface area (Å²) in [4.78, 5) is 12.7. The molecule has 0 radical (unpaired) electrons. The van der Waals surface area contributed by atoms with Gasteiger partial charge in [-0.05, 0) is 59.9 Å². The molecule has 0 unspecified atom stereocenters. The van der Waals surface area contributed by atoms with Gasteiger partial charge in [0.25, 0.3) is 5.91 Å². The minimum Gasteiger partial charge on any atom is -0.497 e. The molecule has 1 aromatic heterocycles. The zero-order valence-electron chi connectivity index (χ0n) is 22.3. The normalized spacial score (nSPS) is 11.9. The highest BCUT2D eigenvalue weighted by molar-refractivity contribution is 7.99. The lowest BCUT2D eigenvalue weighted by atomic mass is 9.87. The van der Waals surface area contributed by atoms with E-state index in [1.54, 1.807) is 32.2 Å². The van der Waals surface area contributed by atoms with Crippen molar-refractivity contribution in [3.8, 4) is 22.8 Å². The second-order valence-corrected chi connectivity index (χ2v) is 11.6. The van der Waals surface area contributed by atoms with Gasteiger partial charge in [0, 0.05) is 11.3 Å². The van der Waals surface area contributed by atoms with Gasteiger partial charge in [0.2, 0.25) is 0 Å². The number of hydrogen-bond acceptors (Lipinski definition) is 6. The zero-order chi connectivity index (χ0) is 28.2. The summed E-state index contributed by atoms with van der Waals surface area (Å²) in [5.41, 5.74) is 7.01. The molecule has 3 aromatic carbocycles. The number of rotatable bonds is 8. The topological polar surface area (TPSA) is 81.4 Å². The summed E-state index contributed by atoms with van der Waals surface area (Å²) in [7, 11) is 1.63. The fourth-order valence-corrected chi connectivity index (χ4v) is 4.77. The van der Waals surface area contributed by atoms with E-state index in [-0.39, 0.29) is 17.1 Å². The molecule has 39 heavy (non-hydrogen) atoms. The van der Waals surface area contributed by atoms with Crippen molar-refractivity contribution in [3.05, 3.63) is 87.9 Å². The number of hydrogen-bond donors (Lipinski definition) is 1. The van der Waals surface area contributed by atoms with Crippen molar-refractivity contribution in [1.82, 2.24) is 20.2 Å². The molecule has 0 aliphatic heterocycles. The van der Waals surface area contributed by atoms with E-state index in [2.05, 4.69) is 53.6 Å². The lowest BCUT2D eigenvalue weighted by molar-refractivity contribution is -0.118. The Morgan fingerprint density at radius 2 is 1.69 bits per heavy atom. The molecule has 7 nitrogen and oxygen atoms in total. The summed E-state index contributed by atoms with van der Waals surface area (Å²) in [6, 6.07) is 21.1. The van der Waals surface area contributed by atoms with E-state index >= 15 is 0 Å². The van der Waals surface area contributed by atoms with Crippen molar-refractivity contribution in [2.75, 3.05) is 12.9 Å². The van der Waals surface area contributed by atoms with Crippen LogP contribution in [-0.2, 0) is 10.2 Å². The summed E-state index contributed by atoms with van der Waals surface area (Å²) in [6.07, 6.45) is 0. The Hall–Kier alpha value is -3.33. The van der Waals surface area contributed by atoms with E-state index < -0.39 is 0 Å². The van der Waals surface area contributed by atoms with E-state index in [0.717, 1.165) is 22.6 Å². The maximum absolute atomic E-state index is 12.7. The Morgan fingerprint density at radius 1 is 1.00 bits per heavy atom. The number of nitrogens with zero attached hydrogens (tertiary/aromatic N) is 4. The zero-order valence-corrected chi connectivity index (χ0v) is 24.7. The van der Waals surface area contributed by atoms with E-state index in [9.17, 15) is 4.79 Å². The van der Waals surface area contributed by atoms with E-state index in [0.29, 0.717) is 26.7 Å². The van der Waals surface area contributed by atoms with Crippen LogP contribution < -0.4 is 10.2 Å². The van der Waals surface area contributed by atoms with Gasteiger partial charge < -0.3 is 4.74 Å². The number of thioether (sulfide) groups is 1. The Balaban J connectivity index is 1.56. The molecule has 1 N–H and O–H groups in total. The summed E-state index contributed by atoms with van der Waals surface area (Å²) in [5, 5.41) is 14.6. The van der Waals surface area contributed by atoms with Crippen molar-refractivity contribution >= 4 is 46.6 Å². The summed E-state index contributed by atoms with van der Waals surface area (Å²) in [6.45, 7) is 8.32. The molecule has 1 amide bonds. The highest BCUT2D eigenvalue weighted by Crippen LogP contribution is 2.31. The van der Waals surface area contributed by atoms with Gasteiger partial charge in [0.1, 0.15) is 5.75 Å². The SMILES string of the molecule is COc1ccc(-n2c(SCC(=O)N/N=C(/C)c3ccc(Cl)c(Cl)c3)nnc2-c2ccc(C(C)(C)C)cc2)cc1. The summed E-state index contributed by atoms with van der Waals surface area (Å²) < 4.78 is 7.26. The van der Waals surface area contributed by atoms with Gasteiger partial charge in [-0.2, -0.15) is 5.10 Å². The number of amides is 1. The molecule has 0 bridgehead atoms. The molecule has 0 aliphatic rings. The molecule has 202 valence electrons. The Bertz CT molecular complexity index is 1490. The third kappa shape index (κ3) is 7.01. The van der Waals surface area contributed by atoms with Crippen LogP contribution in [0.15, 0.2) is 77.0 Å². The smallest absolute Gasteiger partial charge is 0.250 e. The van der Waals surface area contributed by atoms with E-state index in [4.69, 9.17) is 27.9 Å². The average Bonchev–Trinajstić information content (AvgIpc) is 3.35. The largest absolute Gasteiger partial charge is 0.497 e. The molecule has 4 rings (SSSR count). The summed E-state index contributed by atoms with van der Waals surface area (Å²) >= 11 is 13.4. The molecule has 0 saturated heterocycles. The minimum atomic E-state index is -0.278. The van der Waals surface area contributed by atoms with Crippen molar-refractivity contribution < 1.29 is 9.53 Å². The fourth-order valence-electron chi connectivity index (χ4n) is 3.73. The highest BCUT2D eigenvalue weighted by Gasteiger charge is 2.19. The predicted octanol–water partition coefficient (Wildman–Crippen LogP) is 7.18. The standard InChI is InChI=1S/C29H29Cl2N5O2S/c1-18(20-8-15-24(30)25(31)16-20)32-33-26(37)17-39-28-35-34-27(19-6-9-21(10-7-19)29(2,3)4)36(28)22-11-13-23(38-5)14-12-22/h6-16H,17H2,1-5H3,(H,33,37)/b32-18-. The number of aromatic nitrogens is 3. The van der Waals surface area contributed by atoms with Crippen LogP contribution >= 0.6 is 35.0 Å². The van der Waals surface area contributed by atoms with Crippen molar-refractivity contribution in [3.63, 3.8) is 0 Å². The van der Waals surface area contributed by atoms with E-state index in [1.165, 1.54) is 17.3 Å². The number of ether oxygens (including phenoxy) is 1. The van der Waals surface area contributed by atoms with Crippen LogP contribution in [0.25, 0.3) is 17.1 Å². The average molecular weight is 583 g/mol. The van der Waals surface area contributed by atoms with Crippen molar-refractivity contribution in [2.45, 2.75) is 38.3 Å². The molecule has 10 heteroatoms. The second kappa shape index (κ2) is 12.2. The van der Waals surface area contributed by atoms with Gasteiger partial charge in [0.15, 0.2) is 11.0 Å². The number of benzene rings is 3. The number of halogens is 2. The third-order valence-electron chi connectivity index (χ3n) is 5.99. The number of nitrogens with one attached hydrogen (secondary N) is 1. The van der Waals surface area contributed by atoms with Crippen LogP contribution in [0.4, 0.5) is 0 Å². The van der Waals surface area contributed by atoms with Gasteiger partial charge in [-0.1, -0.05) is 86.1 Å². The van der Waals surface area contributed by atoms with Crippen LogP contribution in [0.1, 0.15) is 38.8 Å². The second-order valence-electron chi connectivity index (χ2n) is 9.82. The van der Waals surface area contributed by atoms with Crippen molar-refractivity contribution in [2.24, 2.45) is 5.10 Å². The number of hydrazone groups is 1. The number of methoxy groups -OCH3 is 1. The first kappa shape index (κ1) is 28.7. The first-order valence-corrected chi connectivity index (χ1v) is 13.9. The fraction of sp³-hybridized carbons (Fsp3) is 0.241. The van der Waals surface area contributed by atoms with Gasteiger partial charge in [-0.15, -0.1) is 10.2 Å². The van der Waals surface area contributed by atoms with Gasteiger partial charge >= 0.3 is 0 Å². The molecule has 0 spiro atoms. The van der Waals surface area contributed by atoms with Gasteiger partial charge in [0.05, 0.1) is 28.6 Å². The molecule has 0 saturated carbocycles. The Labute approximate surface area is 242 Å². The first-order chi connectivity index (χ1) is 18.6. The highest BCUT2D eigenvalue weighted by atomic mass is 35.5. The maximum atomic E-state index is 12.7. The maximum Gasteiger partial charge on any atom is 0.250 e. The first-order valence-electron chi connectivity index (χ1n) is 12.2. The number of carbonyl (C=O) groups is 1. The lowest BCUT2D eigenvalue weighted by Gasteiger charge is -2.19. The monoisotopic (exact) mass is 581 g/mol. The van der Waals surface area contributed by atoms with Crippen LogP contribution in [0.5, 0.6) is 5.75 Å². The van der Waals surface area contributed by atoms with Gasteiger partial charge in [-0.3, -0.25) is 9.36 Å². The molecule has 0 atom stereocenters. The third-order valence-corrected chi connectivity index (χ3v) is 7.66. The quantitative estimate of drug-likeness (QED) is 0.135. The van der Waals surface area contributed by atoms with Crippen molar-refractivity contribution in [1.29, 1.82) is 0 Å². The molecule has 0 aliphatic carbocycles. The molecular formula is C29H29Cl2N5O2S. The molecular weight excluding hydrogens is 553 g/mol. The minimum absolute atomic E-state index is 0.0389. The molecule has 1 heterocycles. The van der Waals surface area contributed by atoms with Crippen LogP contribution in [-0.4, -0.2) is 39.2 Å². The lowest BCUT2D eigenvalue weighted by Crippen LogP contribution is -2.21.